The third kappa shape index (κ3) is 4.75. The van der Waals surface area contributed by atoms with Crippen molar-refractivity contribution in [2.75, 3.05) is 4.90 Å². The quantitative estimate of drug-likeness (QED) is 0.217. The first kappa shape index (κ1) is 25.6. The summed E-state index contributed by atoms with van der Waals surface area (Å²) in [5, 5.41) is 0. The van der Waals surface area contributed by atoms with E-state index in [9.17, 15) is 0 Å². The van der Waals surface area contributed by atoms with Crippen molar-refractivity contribution in [2.24, 2.45) is 23.7 Å². The molecule has 0 radical (unpaired) electrons. The van der Waals surface area contributed by atoms with Crippen molar-refractivity contribution in [3.63, 3.8) is 0 Å². The van der Waals surface area contributed by atoms with E-state index < -0.39 is 0 Å². The fraction of sp³-hybridized carbons (Fsp3) is 0.268. The molecule has 42 heavy (non-hydrogen) atoms. The lowest BCUT2D eigenvalue weighted by atomic mass is 9.63. The molecule has 1 heteroatoms. The molecule has 0 amide bonds. The van der Waals surface area contributed by atoms with Crippen LogP contribution in [0.4, 0.5) is 17.1 Å². The lowest BCUT2D eigenvalue weighted by Gasteiger charge is -2.42. The summed E-state index contributed by atoms with van der Waals surface area (Å²) < 4.78 is 0. The van der Waals surface area contributed by atoms with E-state index in [0.29, 0.717) is 0 Å². The van der Waals surface area contributed by atoms with E-state index >= 15 is 0 Å². The summed E-state index contributed by atoms with van der Waals surface area (Å²) in [5.74, 6) is 3.44. The first-order valence-electron chi connectivity index (χ1n) is 16.0. The fourth-order valence-electron chi connectivity index (χ4n) is 8.79. The molecule has 0 aliphatic heterocycles. The molecule has 5 aromatic carbocycles. The van der Waals surface area contributed by atoms with Crippen LogP contribution in [0.15, 0.2) is 127 Å². The third-order valence-corrected chi connectivity index (χ3v) is 10.3. The van der Waals surface area contributed by atoms with Gasteiger partial charge in [-0.3, -0.25) is 0 Å². The van der Waals surface area contributed by atoms with Crippen LogP contribution in [0.1, 0.15) is 43.2 Å². The molecule has 2 atom stereocenters. The van der Waals surface area contributed by atoms with Crippen LogP contribution in [0, 0.1) is 23.7 Å². The zero-order chi connectivity index (χ0) is 27.9. The number of hydrogen-bond donors (Lipinski definition) is 0. The normalized spacial score (nSPS) is 22.6. The summed E-state index contributed by atoms with van der Waals surface area (Å²) in [6.45, 7) is 0. The summed E-state index contributed by atoms with van der Waals surface area (Å²) in [5.41, 5.74) is 12.1. The average Bonchev–Trinajstić information content (AvgIpc) is 3.05. The van der Waals surface area contributed by atoms with Crippen LogP contribution in [0.2, 0.25) is 0 Å². The first-order valence-corrected chi connectivity index (χ1v) is 16.0. The molecule has 0 spiro atoms. The lowest BCUT2D eigenvalue weighted by molar-refractivity contribution is 0.0973. The molecule has 208 valence electrons. The second kappa shape index (κ2) is 11.0. The van der Waals surface area contributed by atoms with Crippen molar-refractivity contribution in [1.82, 2.24) is 0 Å². The predicted molar refractivity (Wildman–Crippen MR) is 176 cm³/mol. The minimum atomic E-state index is 0.788. The van der Waals surface area contributed by atoms with E-state index in [1.165, 1.54) is 95.4 Å². The van der Waals surface area contributed by atoms with Gasteiger partial charge in [0.2, 0.25) is 0 Å². The lowest BCUT2D eigenvalue weighted by Crippen LogP contribution is -2.32. The zero-order valence-electron chi connectivity index (χ0n) is 24.3. The van der Waals surface area contributed by atoms with E-state index in [1.54, 1.807) is 0 Å². The Hall–Kier alpha value is -4.10. The Bertz CT molecular complexity index is 1670. The summed E-state index contributed by atoms with van der Waals surface area (Å²) in [4.78, 5) is 2.53. The van der Waals surface area contributed by atoms with Gasteiger partial charge in [0.1, 0.15) is 0 Å². The number of rotatable bonds is 4. The van der Waals surface area contributed by atoms with Crippen molar-refractivity contribution < 1.29 is 0 Å². The van der Waals surface area contributed by atoms with Crippen LogP contribution in [0.3, 0.4) is 0 Å². The molecule has 2 saturated carbocycles. The molecule has 0 heterocycles. The molecule has 9 rings (SSSR count). The molecule has 2 unspecified atom stereocenters. The average molecular weight is 546 g/mol. The van der Waals surface area contributed by atoms with Gasteiger partial charge in [0.15, 0.2) is 0 Å². The highest BCUT2D eigenvalue weighted by Gasteiger charge is 2.37. The zero-order valence-corrected chi connectivity index (χ0v) is 24.3. The molecular weight excluding hydrogens is 506 g/mol. The minimum absolute atomic E-state index is 0.788. The molecule has 0 aromatic heterocycles. The Balaban J connectivity index is 1.38. The summed E-state index contributed by atoms with van der Waals surface area (Å²) in [6, 6.07) is 47.3. The smallest absolute Gasteiger partial charge is 0.0543 e. The SMILES string of the molecule is c1ccc(-c2ccccc2N(c2ccccc2)c2cccc3c2-c2ccccc2CC2CC4CC(C3)CC(C2)C4)cc1. The van der Waals surface area contributed by atoms with Gasteiger partial charge in [-0.2, -0.15) is 0 Å². The molecular formula is C41H39N. The van der Waals surface area contributed by atoms with Gasteiger partial charge in [-0.05, 0) is 115 Å². The molecule has 0 N–H and O–H groups in total. The van der Waals surface area contributed by atoms with Gasteiger partial charge in [0.25, 0.3) is 0 Å². The number of anilines is 3. The van der Waals surface area contributed by atoms with Crippen molar-refractivity contribution in [2.45, 2.75) is 44.9 Å². The van der Waals surface area contributed by atoms with Crippen molar-refractivity contribution in [1.29, 1.82) is 0 Å². The van der Waals surface area contributed by atoms with Crippen LogP contribution in [-0.2, 0) is 12.8 Å². The summed E-state index contributed by atoms with van der Waals surface area (Å²) in [6.07, 6.45) is 9.51. The number of nitrogens with zero attached hydrogens (tertiary/aromatic N) is 1. The van der Waals surface area contributed by atoms with Crippen molar-refractivity contribution in [3.05, 3.63) is 139 Å². The van der Waals surface area contributed by atoms with E-state index in [1.807, 2.05) is 0 Å². The maximum absolute atomic E-state index is 2.53. The predicted octanol–water partition coefficient (Wildman–Crippen LogP) is 11.0. The Morgan fingerprint density at radius 2 is 0.929 bits per heavy atom. The standard InChI is InChI=1S/C41H39N/c1-3-12-33(13-4-1)37-18-9-10-20-39(37)42(36-16-5-2-6-17-36)40-21-11-15-35-28-32-25-29-22-30(26-32)24-31(23-29)27-34-14-7-8-19-38(34)41(35)40/h1-21,29-32H,22-28H2. The van der Waals surface area contributed by atoms with Crippen LogP contribution in [-0.4, -0.2) is 0 Å². The first-order chi connectivity index (χ1) is 20.8. The maximum atomic E-state index is 2.53. The van der Waals surface area contributed by atoms with E-state index in [2.05, 4.69) is 132 Å². The maximum Gasteiger partial charge on any atom is 0.0543 e. The number of benzene rings is 5. The van der Waals surface area contributed by atoms with Gasteiger partial charge in [-0.25, -0.2) is 0 Å². The van der Waals surface area contributed by atoms with Crippen LogP contribution < -0.4 is 4.90 Å². The van der Waals surface area contributed by atoms with Crippen molar-refractivity contribution in [3.8, 4) is 22.3 Å². The molecule has 4 aliphatic rings. The van der Waals surface area contributed by atoms with Gasteiger partial charge >= 0.3 is 0 Å². The molecule has 5 aromatic rings. The summed E-state index contributed by atoms with van der Waals surface area (Å²) >= 11 is 0. The fourth-order valence-corrected chi connectivity index (χ4v) is 8.79. The summed E-state index contributed by atoms with van der Waals surface area (Å²) in [7, 11) is 0. The Morgan fingerprint density at radius 3 is 1.67 bits per heavy atom. The largest absolute Gasteiger partial charge is 0.309 e. The van der Waals surface area contributed by atoms with Crippen molar-refractivity contribution >= 4 is 17.1 Å². The minimum Gasteiger partial charge on any atom is -0.309 e. The highest BCUT2D eigenvalue weighted by molar-refractivity contribution is 5.95. The Morgan fingerprint density at radius 1 is 0.405 bits per heavy atom. The van der Waals surface area contributed by atoms with Gasteiger partial charge in [0.05, 0.1) is 11.4 Å². The molecule has 1 nitrogen and oxygen atoms in total. The van der Waals surface area contributed by atoms with Crippen LogP contribution in [0.25, 0.3) is 22.3 Å². The highest BCUT2D eigenvalue weighted by atomic mass is 15.1. The second-order valence-electron chi connectivity index (χ2n) is 13.1. The van der Waals surface area contributed by atoms with Crippen LogP contribution >= 0.6 is 0 Å². The van der Waals surface area contributed by atoms with E-state index in [-0.39, 0.29) is 0 Å². The molecule has 2 fully saturated rings. The Kier molecular flexibility index (Phi) is 6.67. The van der Waals surface area contributed by atoms with Gasteiger partial charge in [0, 0.05) is 16.8 Å². The van der Waals surface area contributed by atoms with Crippen LogP contribution in [0.5, 0.6) is 0 Å². The Labute approximate surface area is 250 Å². The monoisotopic (exact) mass is 545 g/mol. The molecule has 4 bridgehead atoms. The second-order valence-corrected chi connectivity index (χ2v) is 13.1. The number of para-hydroxylation sites is 2. The number of hydrogen-bond acceptors (Lipinski definition) is 1. The highest BCUT2D eigenvalue weighted by Crippen LogP contribution is 2.51. The van der Waals surface area contributed by atoms with Gasteiger partial charge in [-0.15, -0.1) is 0 Å². The van der Waals surface area contributed by atoms with E-state index in [0.717, 1.165) is 23.7 Å². The molecule has 4 aliphatic carbocycles. The van der Waals surface area contributed by atoms with E-state index in [4.69, 9.17) is 0 Å². The topological polar surface area (TPSA) is 3.24 Å². The molecule has 0 saturated heterocycles. The van der Waals surface area contributed by atoms with Gasteiger partial charge in [-0.1, -0.05) is 103 Å². The van der Waals surface area contributed by atoms with Gasteiger partial charge < -0.3 is 4.90 Å². The third-order valence-electron chi connectivity index (χ3n) is 10.3.